The van der Waals surface area contributed by atoms with Crippen LogP contribution in [0, 0.1) is 5.92 Å². The van der Waals surface area contributed by atoms with E-state index in [0.29, 0.717) is 18.1 Å². The van der Waals surface area contributed by atoms with Crippen LogP contribution in [0.4, 0.5) is 0 Å². The maximum Gasteiger partial charge on any atom is 0.337 e. The molecule has 4 nitrogen and oxygen atoms in total. The van der Waals surface area contributed by atoms with Gasteiger partial charge >= 0.3 is 5.97 Å². The van der Waals surface area contributed by atoms with Crippen LogP contribution in [0.25, 0.3) is 0 Å². The Morgan fingerprint density at radius 1 is 1.60 bits per heavy atom. The largest absolute Gasteiger partial charge is 0.478 e. The van der Waals surface area contributed by atoms with E-state index in [1.165, 1.54) is 0 Å². The Morgan fingerprint density at radius 2 is 2.27 bits per heavy atom. The van der Waals surface area contributed by atoms with Crippen LogP contribution in [-0.2, 0) is 17.9 Å². The van der Waals surface area contributed by atoms with Gasteiger partial charge in [0.25, 0.3) is 0 Å². The highest BCUT2D eigenvalue weighted by atomic mass is 16.5. The molecule has 15 heavy (non-hydrogen) atoms. The zero-order valence-electron chi connectivity index (χ0n) is 9.36. The predicted molar refractivity (Wildman–Crippen MR) is 56.9 cm³/mol. The summed E-state index contributed by atoms with van der Waals surface area (Å²) in [4.78, 5) is 10.9. The van der Waals surface area contributed by atoms with Crippen LogP contribution in [0.15, 0.2) is 12.3 Å². The summed E-state index contributed by atoms with van der Waals surface area (Å²) in [6, 6.07) is 1.62. The van der Waals surface area contributed by atoms with Gasteiger partial charge in [0, 0.05) is 19.9 Å². The lowest BCUT2D eigenvalue weighted by atomic mass is 10.2. The van der Waals surface area contributed by atoms with E-state index < -0.39 is 5.97 Å². The van der Waals surface area contributed by atoms with Crippen LogP contribution in [0.5, 0.6) is 0 Å². The Kier molecular flexibility index (Phi) is 3.91. The van der Waals surface area contributed by atoms with Crippen molar-refractivity contribution in [1.82, 2.24) is 4.57 Å². The van der Waals surface area contributed by atoms with Crippen molar-refractivity contribution in [1.29, 1.82) is 0 Å². The number of carbonyl (C=O) groups is 1. The molecular weight excluding hydrogens is 194 g/mol. The Bertz CT molecular complexity index is 342. The van der Waals surface area contributed by atoms with Crippen molar-refractivity contribution in [3.05, 3.63) is 23.5 Å². The molecule has 0 aromatic carbocycles. The molecule has 84 valence electrons. The normalized spacial score (nSPS) is 10.9. The van der Waals surface area contributed by atoms with Crippen LogP contribution in [-0.4, -0.2) is 22.8 Å². The highest BCUT2D eigenvalue weighted by Crippen LogP contribution is 2.14. The van der Waals surface area contributed by atoms with E-state index in [1.54, 1.807) is 19.4 Å². The Balaban J connectivity index is 3.00. The summed E-state index contributed by atoms with van der Waals surface area (Å²) >= 11 is 0. The maximum atomic E-state index is 10.9. The van der Waals surface area contributed by atoms with Gasteiger partial charge < -0.3 is 14.4 Å². The molecule has 0 bridgehead atoms. The quantitative estimate of drug-likeness (QED) is 0.810. The number of hydrogen-bond donors (Lipinski definition) is 1. The molecule has 1 aromatic rings. The Morgan fingerprint density at radius 3 is 2.73 bits per heavy atom. The molecule has 0 aliphatic rings. The lowest BCUT2D eigenvalue weighted by molar-refractivity contribution is 0.0691. The molecule has 0 amide bonds. The third kappa shape index (κ3) is 2.83. The molecule has 0 saturated carbocycles. The topological polar surface area (TPSA) is 51.5 Å². The van der Waals surface area contributed by atoms with Crippen LogP contribution in [0.3, 0.4) is 0 Å². The minimum Gasteiger partial charge on any atom is -0.478 e. The average molecular weight is 211 g/mol. The van der Waals surface area contributed by atoms with Gasteiger partial charge in [0.1, 0.15) is 0 Å². The highest BCUT2D eigenvalue weighted by Gasteiger charge is 2.15. The van der Waals surface area contributed by atoms with E-state index in [1.807, 2.05) is 4.57 Å². The number of carboxylic acids is 1. The molecule has 0 spiro atoms. The smallest absolute Gasteiger partial charge is 0.337 e. The molecule has 0 unspecified atom stereocenters. The number of carboxylic acid groups (broad SMARTS) is 1. The SMILES string of the molecule is COCc1c(C(=O)O)ccn1CC(C)C. The van der Waals surface area contributed by atoms with E-state index >= 15 is 0 Å². The molecule has 1 heterocycles. The lowest BCUT2D eigenvalue weighted by Gasteiger charge is -2.11. The van der Waals surface area contributed by atoms with Gasteiger partial charge in [0.2, 0.25) is 0 Å². The van der Waals surface area contributed by atoms with E-state index in [2.05, 4.69) is 13.8 Å². The van der Waals surface area contributed by atoms with Crippen molar-refractivity contribution < 1.29 is 14.6 Å². The second kappa shape index (κ2) is 4.98. The van der Waals surface area contributed by atoms with E-state index in [9.17, 15) is 4.79 Å². The number of aromatic carboxylic acids is 1. The molecule has 1 rings (SSSR count). The summed E-state index contributed by atoms with van der Waals surface area (Å²) in [7, 11) is 1.57. The van der Waals surface area contributed by atoms with Crippen molar-refractivity contribution in [2.24, 2.45) is 5.92 Å². The minimum atomic E-state index is -0.899. The molecule has 1 N–H and O–H groups in total. The first-order valence-electron chi connectivity index (χ1n) is 4.96. The molecular formula is C11H17NO3. The fraction of sp³-hybridized carbons (Fsp3) is 0.545. The predicted octanol–water partition coefficient (Wildman–Crippen LogP) is 1.99. The molecule has 0 saturated heterocycles. The number of hydrogen-bond acceptors (Lipinski definition) is 2. The second-order valence-corrected chi connectivity index (χ2v) is 3.96. The summed E-state index contributed by atoms with van der Waals surface area (Å²) in [5.41, 5.74) is 1.07. The standard InChI is InChI=1S/C11H17NO3/c1-8(2)6-12-5-4-9(11(13)14)10(12)7-15-3/h4-5,8H,6-7H2,1-3H3,(H,13,14). The summed E-state index contributed by atoms with van der Waals surface area (Å²) in [6.45, 7) is 5.33. The van der Waals surface area contributed by atoms with E-state index in [4.69, 9.17) is 9.84 Å². The van der Waals surface area contributed by atoms with Gasteiger partial charge in [0.15, 0.2) is 0 Å². The summed E-state index contributed by atoms with van der Waals surface area (Å²) in [6.07, 6.45) is 1.80. The Hall–Kier alpha value is -1.29. The van der Waals surface area contributed by atoms with Gasteiger partial charge in [-0.1, -0.05) is 13.8 Å². The lowest BCUT2D eigenvalue weighted by Crippen LogP contribution is -2.10. The number of aromatic nitrogens is 1. The third-order valence-electron chi connectivity index (χ3n) is 2.15. The number of rotatable bonds is 5. The zero-order valence-corrected chi connectivity index (χ0v) is 9.36. The summed E-state index contributed by atoms with van der Waals surface area (Å²) < 4.78 is 6.96. The molecule has 1 aromatic heterocycles. The van der Waals surface area contributed by atoms with Crippen molar-refractivity contribution >= 4 is 5.97 Å². The first-order valence-corrected chi connectivity index (χ1v) is 4.96. The van der Waals surface area contributed by atoms with Crippen LogP contribution in [0.1, 0.15) is 29.9 Å². The van der Waals surface area contributed by atoms with Crippen molar-refractivity contribution in [3.8, 4) is 0 Å². The first-order chi connectivity index (χ1) is 7.06. The van der Waals surface area contributed by atoms with Gasteiger partial charge in [-0.05, 0) is 12.0 Å². The highest BCUT2D eigenvalue weighted by molar-refractivity contribution is 5.89. The molecule has 0 radical (unpaired) electrons. The molecule has 4 heteroatoms. The fourth-order valence-electron chi connectivity index (χ4n) is 1.56. The van der Waals surface area contributed by atoms with Gasteiger partial charge in [-0.25, -0.2) is 4.79 Å². The third-order valence-corrected chi connectivity index (χ3v) is 2.15. The number of nitrogens with zero attached hydrogens (tertiary/aromatic N) is 1. The molecule has 0 fully saturated rings. The average Bonchev–Trinajstić information content (AvgIpc) is 2.48. The maximum absolute atomic E-state index is 10.9. The summed E-state index contributed by atoms with van der Waals surface area (Å²) in [5.74, 6) is -0.417. The van der Waals surface area contributed by atoms with Gasteiger partial charge in [0.05, 0.1) is 17.9 Å². The fourth-order valence-corrected chi connectivity index (χ4v) is 1.56. The van der Waals surface area contributed by atoms with Gasteiger partial charge in [-0.15, -0.1) is 0 Å². The van der Waals surface area contributed by atoms with Crippen LogP contribution >= 0.6 is 0 Å². The first kappa shape index (κ1) is 11.8. The minimum absolute atomic E-state index is 0.331. The van der Waals surface area contributed by atoms with Crippen molar-refractivity contribution in [2.45, 2.75) is 27.0 Å². The molecule has 0 aliphatic carbocycles. The van der Waals surface area contributed by atoms with Crippen LogP contribution < -0.4 is 0 Å². The molecule has 0 aliphatic heterocycles. The van der Waals surface area contributed by atoms with E-state index in [-0.39, 0.29) is 0 Å². The van der Waals surface area contributed by atoms with Gasteiger partial charge in [-0.3, -0.25) is 0 Å². The monoisotopic (exact) mass is 211 g/mol. The van der Waals surface area contributed by atoms with E-state index in [0.717, 1.165) is 12.2 Å². The molecule has 0 atom stereocenters. The van der Waals surface area contributed by atoms with Crippen LogP contribution in [0.2, 0.25) is 0 Å². The second-order valence-electron chi connectivity index (χ2n) is 3.96. The van der Waals surface area contributed by atoms with Gasteiger partial charge in [-0.2, -0.15) is 0 Å². The summed E-state index contributed by atoms with van der Waals surface area (Å²) in [5, 5.41) is 8.97. The van der Waals surface area contributed by atoms with Crippen molar-refractivity contribution in [3.63, 3.8) is 0 Å². The number of ether oxygens (including phenoxy) is 1. The Labute approximate surface area is 89.5 Å². The van der Waals surface area contributed by atoms with Crippen molar-refractivity contribution in [2.75, 3.05) is 7.11 Å². The zero-order chi connectivity index (χ0) is 11.4. The number of methoxy groups -OCH3 is 1.